The smallest absolute Gasteiger partial charge is 0.314 e. The summed E-state index contributed by atoms with van der Waals surface area (Å²) < 4.78 is 38.3. The molecule has 0 radical (unpaired) electrons. The SMILES string of the molecule is FC(F)(F)c1ccc([C@H](c2ccccc2)N2CCNCC2)cc1. The van der Waals surface area contributed by atoms with Crippen molar-refractivity contribution in [3.8, 4) is 0 Å². The maximum atomic E-state index is 12.8. The van der Waals surface area contributed by atoms with Crippen LogP contribution in [0.1, 0.15) is 22.7 Å². The van der Waals surface area contributed by atoms with Crippen LogP contribution < -0.4 is 5.32 Å². The molecule has 2 aromatic rings. The van der Waals surface area contributed by atoms with E-state index < -0.39 is 11.7 Å². The Labute approximate surface area is 133 Å². The van der Waals surface area contributed by atoms with Crippen LogP contribution in [-0.4, -0.2) is 31.1 Å². The minimum Gasteiger partial charge on any atom is -0.314 e. The van der Waals surface area contributed by atoms with Crippen LogP contribution >= 0.6 is 0 Å². The summed E-state index contributed by atoms with van der Waals surface area (Å²) in [5, 5.41) is 3.31. The second kappa shape index (κ2) is 6.72. The molecule has 0 unspecified atom stereocenters. The molecule has 5 heteroatoms. The molecule has 1 heterocycles. The summed E-state index contributed by atoms with van der Waals surface area (Å²) in [5.41, 5.74) is 1.40. The van der Waals surface area contributed by atoms with Crippen LogP contribution in [0.5, 0.6) is 0 Å². The van der Waals surface area contributed by atoms with E-state index in [0.717, 1.165) is 37.3 Å². The van der Waals surface area contributed by atoms with Crippen LogP contribution in [0.25, 0.3) is 0 Å². The number of nitrogens with zero attached hydrogens (tertiary/aromatic N) is 1. The van der Waals surface area contributed by atoms with Crippen molar-refractivity contribution in [2.45, 2.75) is 12.2 Å². The Hall–Kier alpha value is -1.85. The highest BCUT2D eigenvalue weighted by molar-refractivity contribution is 5.34. The Kier molecular flexibility index (Phi) is 4.68. The lowest BCUT2D eigenvalue weighted by molar-refractivity contribution is -0.137. The highest BCUT2D eigenvalue weighted by atomic mass is 19.4. The van der Waals surface area contributed by atoms with Crippen LogP contribution in [-0.2, 0) is 6.18 Å². The van der Waals surface area contributed by atoms with Gasteiger partial charge in [-0.25, -0.2) is 0 Å². The molecule has 0 aromatic heterocycles. The van der Waals surface area contributed by atoms with Gasteiger partial charge in [-0.3, -0.25) is 4.90 Å². The number of hydrogen-bond acceptors (Lipinski definition) is 2. The Morgan fingerprint density at radius 3 is 1.96 bits per heavy atom. The quantitative estimate of drug-likeness (QED) is 0.928. The van der Waals surface area contributed by atoms with E-state index in [4.69, 9.17) is 0 Å². The first-order valence-electron chi connectivity index (χ1n) is 7.72. The maximum Gasteiger partial charge on any atom is 0.416 e. The first kappa shape index (κ1) is 16.0. The van der Waals surface area contributed by atoms with E-state index in [1.165, 1.54) is 12.1 Å². The lowest BCUT2D eigenvalue weighted by Crippen LogP contribution is -2.45. The van der Waals surface area contributed by atoms with Crippen LogP contribution in [0, 0.1) is 0 Å². The molecular weight excluding hydrogens is 301 g/mol. The van der Waals surface area contributed by atoms with Crippen molar-refractivity contribution in [2.75, 3.05) is 26.2 Å². The average molecular weight is 320 g/mol. The van der Waals surface area contributed by atoms with E-state index in [2.05, 4.69) is 10.2 Å². The fourth-order valence-corrected chi connectivity index (χ4v) is 3.04. The zero-order valence-electron chi connectivity index (χ0n) is 12.7. The number of benzene rings is 2. The molecule has 1 aliphatic heterocycles. The molecular formula is C18H19F3N2. The van der Waals surface area contributed by atoms with Crippen molar-refractivity contribution in [3.05, 3.63) is 71.3 Å². The van der Waals surface area contributed by atoms with Gasteiger partial charge in [-0.1, -0.05) is 42.5 Å². The Morgan fingerprint density at radius 1 is 0.826 bits per heavy atom. The fraction of sp³-hybridized carbons (Fsp3) is 0.333. The van der Waals surface area contributed by atoms with Gasteiger partial charge in [0.15, 0.2) is 0 Å². The summed E-state index contributed by atoms with van der Waals surface area (Å²) in [7, 11) is 0. The number of rotatable bonds is 3. The van der Waals surface area contributed by atoms with Gasteiger partial charge in [0, 0.05) is 26.2 Å². The highest BCUT2D eigenvalue weighted by Gasteiger charge is 2.31. The molecule has 0 saturated carbocycles. The highest BCUT2D eigenvalue weighted by Crippen LogP contribution is 2.33. The van der Waals surface area contributed by atoms with Crippen LogP contribution in [0.15, 0.2) is 54.6 Å². The van der Waals surface area contributed by atoms with E-state index in [1.807, 2.05) is 30.3 Å². The van der Waals surface area contributed by atoms with Crippen molar-refractivity contribution in [3.63, 3.8) is 0 Å². The summed E-state index contributed by atoms with van der Waals surface area (Å²) in [4.78, 5) is 2.31. The van der Waals surface area contributed by atoms with E-state index in [1.54, 1.807) is 12.1 Å². The lowest BCUT2D eigenvalue weighted by atomic mass is 9.95. The molecule has 3 rings (SSSR count). The van der Waals surface area contributed by atoms with Crippen LogP contribution in [0.3, 0.4) is 0 Å². The van der Waals surface area contributed by atoms with E-state index >= 15 is 0 Å². The standard InChI is InChI=1S/C18H19F3N2/c19-18(20,21)16-8-6-15(7-9-16)17(14-4-2-1-3-5-14)23-12-10-22-11-13-23/h1-9,17,22H,10-13H2/t17-/m0/s1. The molecule has 2 aromatic carbocycles. The van der Waals surface area contributed by atoms with Crippen molar-refractivity contribution in [2.24, 2.45) is 0 Å². The molecule has 0 spiro atoms. The van der Waals surface area contributed by atoms with Gasteiger partial charge in [0.05, 0.1) is 11.6 Å². The largest absolute Gasteiger partial charge is 0.416 e. The van der Waals surface area contributed by atoms with Gasteiger partial charge in [0.25, 0.3) is 0 Å². The van der Waals surface area contributed by atoms with Crippen LogP contribution in [0.4, 0.5) is 13.2 Å². The summed E-state index contributed by atoms with van der Waals surface area (Å²) in [6.07, 6.45) is -4.30. The predicted molar refractivity (Wildman–Crippen MR) is 84.2 cm³/mol. The van der Waals surface area contributed by atoms with Gasteiger partial charge in [0.1, 0.15) is 0 Å². The third kappa shape index (κ3) is 3.74. The van der Waals surface area contributed by atoms with Gasteiger partial charge in [0.2, 0.25) is 0 Å². The van der Waals surface area contributed by atoms with Crippen molar-refractivity contribution >= 4 is 0 Å². The van der Waals surface area contributed by atoms with Crippen molar-refractivity contribution in [1.82, 2.24) is 10.2 Å². The Bertz CT molecular complexity index is 617. The molecule has 1 atom stereocenters. The van der Waals surface area contributed by atoms with Crippen LogP contribution in [0.2, 0.25) is 0 Å². The second-order valence-electron chi connectivity index (χ2n) is 5.72. The summed E-state index contributed by atoms with van der Waals surface area (Å²) >= 11 is 0. The molecule has 1 fully saturated rings. The zero-order chi connectivity index (χ0) is 16.3. The molecule has 0 aliphatic carbocycles. The minimum atomic E-state index is -4.30. The number of nitrogens with one attached hydrogen (secondary N) is 1. The summed E-state index contributed by atoms with van der Waals surface area (Å²) in [6, 6.07) is 15.5. The Morgan fingerprint density at radius 2 is 1.39 bits per heavy atom. The van der Waals surface area contributed by atoms with Gasteiger partial charge >= 0.3 is 6.18 Å². The van der Waals surface area contributed by atoms with Gasteiger partial charge in [-0.2, -0.15) is 13.2 Å². The molecule has 0 amide bonds. The first-order valence-corrected chi connectivity index (χ1v) is 7.72. The van der Waals surface area contributed by atoms with Crippen molar-refractivity contribution < 1.29 is 13.2 Å². The zero-order valence-corrected chi connectivity index (χ0v) is 12.7. The lowest BCUT2D eigenvalue weighted by Gasteiger charge is -2.35. The predicted octanol–water partition coefficient (Wildman–Crippen LogP) is 3.70. The third-order valence-electron chi connectivity index (χ3n) is 4.19. The number of piperazine rings is 1. The molecule has 2 nitrogen and oxygen atoms in total. The molecule has 23 heavy (non-hydrogen) atoms. The average Bonchev–Trinajstić information content (AvgIpc) is 2.57. The van der Waals surface area contributed by atoms with E-state index in [-0.39, 0.29) is 6.04 Å². The molecule has 1 aliphatic rings. The van der Waals surface area contributed by atoms with E-state index in [9.17, 15) is 13.2 Å². The van der Waals surface area contributed by atoms with Gasteiger partial charge in [-0.15, -0.1) is 0 Å². The van der Waals surface area contributed by atoms with Crippen molar-refractivity contribution in [1.29, 1.82) is 0 Å². The van der Waals surface area contributed by atoms with Gasteiger partial charge < -0.3 is 5.32 Å². The fourth-order valence-electron chi connectivity index (χ4n) is 3.04. The molecule has 0 bridgehead atoms. The monoisotopic (exact) mass is 320 g/mol. The maximum absolute atomic E-state index is 12.8. The second-order valence-corrected chi connectivity index (χ2v) is 5.72. The first-order chi connectivity index (χ1) is 11.1. The van der Waals surface area contributed by atoms with E-state index in [0.29, 0.717) is 0 Å². The minimum absolute atomic E-state index is 0.0133. The number of alkyl halides is 3. The molecule has 1 saturated heterocycles. The number of hydrogen-bond donors (Lipinski definition) is 1. The normalized spacial score (nSPS) is 17.9. The molecule has 1 N–H and O–H groups in total. The topological polar surface area (TPSA) is 15.3 Å². The summed E-state index contributed by atoms with van der Waals surface area (Å²) in [5.74, 6) is 0. The van der Waals surface area contributed by atoms with Gasteiger partial charge in [-0.05, 0) is 23.3 Å². The summed E-state index contributed by atoms with van der Waals surface area (Å²) in [6.45, 7) is 3.54. The Balaban J connectivity index is 1.94. The molecule has 122 valence electrons. The third-order valence-corrected chi connectivity index (χ3v) is 4.19. The number of halogens is 3.